The largest absolute Gasteiger partial charge is 0.278 e. The van der Waals surface area contributed by atoms with Gasteiger partial charge in [0.2, 0.25) is 11.9 Å². The van der Waals surface area contributed by atoms with Gasteiger partial charge in [-0.25, -0.2) is 9.97 Å². The first-order valence-electron chi connectivity index (χ1n) is 24.8. The van der Waals surface area contributed by atoms with Crippen LogP contribution in [0.3, 0.4) is 0 Å². The second-order valence-electron chi connectivity index (χ2n) is 18.7. The molecule has 0 spiro atoms. The van der Waals surface area contributed by atoms with Gasteiger partial charge in [-0.2, -0.15) is 19.9 Å². The lowest BCUT2D eigenvalue weighted by atomic mass is 9.91. The van der Waals surface area contributed by atoms with Gasteiger partial charge in [-0.3, -0.25) is 9.13 Å². The smallest absolute Gasteiger partial charge is 0.238 e. The summed E-state index contributed by atoms with van der Waals surface area (Å²) in [7, 11) is 0. The summed E-state index contributed by atoms with van der Waals surface area (Å²) < 4.78 is 4.39. The molecule has 0 amide bonds. The molecule has 0 atom stereocenters. The number of hydrogen-bond acceptors (Lipinski definition) is 6. The molecule has 0 saturated carbocycles. The average molecular weight is 945 g/mol. The van der Waals surface area contributed by atoms with E-state index in [-0.39, 0.29) is 0 Å². The Morgan fingerprint density at radius 3 is 0.986 bits per heavy atom. The molecule has 0 unspecified atom stereocenters. The predicted molar refractivity (Wildman–Crippen MR) is 302 cm³/mol. The zero-order valence-electron chi connectivity index (χ0n) is 39.7. The Bertz CT molecular complexity index is 4590. The molecule has 15 aromatic rings. The van der Waals surface area contributed by atoms with Crippen LogP contribution in [0, 0.1) is 0 Å². The molecule has 0 aliphatic heterocycles. The fraction of sp³-hybridized carbons (Fsp3) is 0. The molecule has 15 rings (SSSR count). The minimum atomic E-state index is 0.570. The molecule has 0 aliphatic rings. The normalized spacial score (nSPS) is 11.8. The third-order valence-electron chi connectivity index (χ3n) is 14.4. The second-order valence-corrected chi connectivity index (χ2v) is 18.7. The van der Waals surface area contributed by atoms with Gasteiger partial charge < -0.3 is 0 Å². The Morgan fingerprint density at radius 1 is 0.189 bits per heavy atom. The number of rotatable bonds is 7. The maximum absolute atomic E-state index is 5.22. The zero-order valence-corrected chi connectivity index (χ0v) is 39.7. The first-order valence-corrected chi connectivity index (χ1v) is 24.8. The number of fused-ring (bicyclic) bond motifs is 12. The Kier molecular flexibility index (Phi) is 9.40. The van der Waals surface area contributed by atoms with Gasteiger partial charge in [0.15, 0.2) is 23.3 Å². The highest BCUT2D eigenvalue weighted by molar-refractivity contribution is 6.29. The van der Waals surface area contributed by atoms with E-state index in [0.29, 0.717) is 35.2 Å². The van der Waals surface area contributed by atoms with Crippen LogP contribution in [-0.4, -0.2) is 39.0 Å². The van der Waals surface area contributed by atoms with Crippen molar-refractivity contribution in [2.45, 2.75) is 0 Å². The van der Waals surface area contributed by atoms with Gasteiger partial charge in [0.25, 0.3) is 0 Å². The van der Waals surface area contributed by atoms with E-state index in [0.717, 1.165) is 82.4 Å². The lowest BCUT2D eigenvalue weighted by Crippen LogP contribution is -2.06. The van der Waals surface area contributed by atoms with Crippen molar-refractivity contribution in [1.29, 1.82) is 0 Å². The van der Waals surface area contributed by atoms with Crippen molar-refractivity contribution in [3.05, 3.63) is 243 Å². The lowest BCUT2D eigenvalue weighted by Gasteiger charge is -2.14. The van der Waals surface area contributed by atoms with E-state index in [9.17, 15) is 0 Å². The highest BCUT2D eigenvalue weighted by atomic mass is 15.2. The molecule has 4 aromatic heterocycles. The molecule has 8 nitrogen and oxygen atoms in total. The molecule has 344 valence electrons. The fourth-order valence-electron chi connectivity index (χ4n) is 11.0. The van der Waals surface area contributed by atoms with Crippen LogP contribution in [0.15, 0.2) is 243 Å². The Morgan fingerprint density at radius 2 is 0.514 bits per heavy atom. The highest BCUT2D eigenvalue weighted by Gasteiger charge is 2.22. The Balaban J connectivity index is 0.911. The first-order chi connectivity index (χ1) is 36.7. The molecular weight excluding hydrogens is 905 g/mol. The summed E-state index contributed by atoms with van der Waals surface area (Å²) in [4.78, 5) is 30.7. The Labute approximate surface area is 424 Å². The third-order valence-corrected chi connectivity index (χ3v) is 14.4. The van der Waals surface area contributed by atoms with Crippen LogP contribution in [0.25, 0.3) is 145 Å². The van der Waals surface area contributed by atoms with Gasteiger partial charge in [-0.15, -0.1) is 0 Å². The van der Waals surface area contributed by atoms with Crippen LogP contribution in [0.4, 0.5) is 0 Å². The van der Waals surface area contributed by atoms with Crippen molar-refractivity contribution >= 4 is 75.9 Å². The van der Waals surface area contributed by atoms with Crippen LogP contribution in [0.2, 0.25) is 0 Å². The van der Waals surface area contributed by atoms with Crippen LogP contribution in [0.5, 0.6) is 0 Å². The SMILES string of the molecule is c1ccc(-c2nc(-c3ccccc3)nc(-n3c4ccccc4c4cc(-c5ccc6c(c5)c5ccccc5c5cc7c(cc65)c5ccccc5n7-c5nc(-c6ccccc6)nc(-c6ccccc6)n5)ccc43)n2)cc1. The predicted octanol–water partition coefficient (Wildman–Crippen LogP) is 16.0. The molecule has 8 heteroatoms. The van der Waals surface area contributed by atoms with E-state index in [4.69, 9.17) is 29.9 Å². The number of benzene rings is 11. The van der Waals surface area contributed by atoms with Crippen molar-refractivity contribution in [3.8, 4) is 68.6 Å². The molecular formula is C66H40N8. The lowest BCUT2D eigenvalue weighted by molar-refractivity contribution is 0.953. The van der Waals surface area contributed by atoms with Crippen molar-refractivity contribution in [2.24, 2.45) is 0 Å². The van der Waals surface area contributed by atoms with E-state index < -0.39 is 0 Å². The van der Waals surface area contributed by atoms with Gasteiger partial charge in [0.05, 0.1) is 22.1 Å². The van der Waals surface area contributed by atoms with Crippen molar-refractivity contribution in [2.75, 3.05) is 0 Å². The molecule has 4 heterocycles. The molecule has 0 aliphatic carbocycles. The first kappa shape index (κ1) is 41.6. The quantitative estimate of drug-likeness (QED) is 0.148. The number of aromatic nitrogens is 8. The Hall–Kier alpha value is -10.2. The van der Waals surface area contributed by atoms with Crippen molar-refractivity contribution in [3.63, 3.8) is 0 Å². The van der Waals surface area contributed by atoms with E-state index in [2.05, 4.69) is 155 Å². The minimum Gasteiger partial charge on any atom is -0.278 e. The third kappa shape index (κ3) is 6.69. The van der Waals surface area contributed by atoms with E-state index in [1.54, 1.807) is 0 Å². The highest BCUT2D eigenvalue weighted by Crippen LogP contribution is 2.43. The van der Waals surface area contributed by atoms with Crippen LogP contribution in [-0.2, 0) is 0 Å². The summed E-state index contributed by atoms with van der Waals surface area (Å²) in [5.74, 6) is 3.63. The van der Waals surface area contributed by atoms with Crippen LogP contribution in [0.1, 0.15) is 0 Å². The van der Waals surface area contributed by atoms with Gasteiger partial charge in [0, 0.05) is 43.8 Å². The molecule has 0 saturated heterocycles. The van der Waals surface area contributed by atoms with Crippen LogP contribution < -0.4 is 0 Å². The molecule has 74 heavy (non-hydrogen) atoms. The standard InChI is InChI=1S/C66H40N8/c1-5-19-41(20-6-1)61-67-62(42-21-7-2-8-22-42)70-65(69-61)73-57-31-17-15-29-50(57)55-38-46(34-36-59(55)73)45-33-35-49-52(37-45)47-27-13-14-28-48(47)54-40-60-56(39-53(49)54)51-30-16-18-32-58(51)74(60)66-71-63(43-23-9-3-10-24-43)68-64(72-66)44-25-11-4-12-26-44/h1-40H. The van der Waals surface area contributed by atoms with E-state index in [1.165, 1.54) is 26.9 Å². The fourth-order valence-corrected chi connectivity index (χ4v) is 11.0. The van der Waals surface area contributed by atoms with Crippen LogP contribution >= 0.6 is 0 Å². The average Bonchev–Trinajstić information content (AvgIpc) is 3.99. The molecule has 11 aromatic carbocycles. The summed E-state index contributed by atoms with van der Waals surface area (Å²) in [6.07, 6.45) is 0. The van der Waals surface area contributed by atoms with E-state index in [1.807, 2.05) is 97.1 Å². The van der Waals surface area contributed by atoms with Crippen molar-refractivity contribution in [1.82, 2.24) is 39.0 Å². The van der Waals surface area contributed by atoms with E-state index >= 15 is 0 Å². The summed E-state index contributed by atoms with van der Waals surface area (Å²) in [6.45, 7) is 0. The summed E-state index contributed by atoms with van der Waals surface area (Å²) in [5.41, 5.74) is 10.1. The summed E-state index contributed by atoms with van der Waals surface area (Å²) >= 11 is 0. The topological polar surface area (TPSA) is 87.2 Å². The maximum Gasteiger partial charge on any atom is 0.238 e. The molecule has 0 fully saturated rings. The summed E-state index contributed by atoms with van der Waals surface area (Å²) in [6, 6.07) is 84.9. The maximum atomic E-state index is 5.22. The molecule has 0 N–H and O–H groups in total. The second kappa shape index (κ2) is 16.7. The van der Waals surface area contributed by atoms with Crippen molar-refractivity contribution < 1.29 is 0 Å². The molecule has 0 radical (unpaired) electrons. The number of nitrogens with zero attached hydrogens (tertiary/aromatic N) is 8. The number of hydrogen-bond donors (Lipinski definition) is 0. The van der Waals surface area contributed by atoms with Gasteiger partial charge in [-0.05, 0) is 85.9 Å². The molecule has 0 bridgehead atoms. The van der Waals surface area contributed by atoms with Gasteiger partial charge >= 0.3 is 0 Å². The van der Waals surface area contributed by atoms with Gasteiger partial charge in [0.1, 0.15) is 0 Å². The zero-order chi connectivity index (χ0) is 48.7. The summed E-state index contributed by atoms with van der Waals surface area (Å²) in [5, 5.41) is 11.6. The number of para-hydroxylation sites is 2. The van der Waals surface area contributed by atoms with Gasteiger partial charge in [-0.1, -0.05) is 200 Å². The monoisotopic (exact) mass is 944 g/mol. The minimum absolute atomic E-state index is 0.570.